The third-order valence-corrected chi connectivity index (χ3v) is 8.31. The van der Waals surface area contributed by atoms with Crippen molar-refractivity contribution in [2.75, 3.05) is 18.8 Å². The van der Waals surface area contributed by atoms with Crippen molar-refractivity contribution in [3.8, 4) is 0 Å². The molecule has 1 aliphatic carbocycles. The summed E-state index contributed by atoms with van der Waals surface area (Å²) in [5.41, 5.74) is 2.52. The smallest absolute Gasteiger partial charge is 0.214 e. The van der Waals surface area contributed by atoms with E-state index < -0.39 is 10.0 Å². The van der Waals surface area contributed by atoms with Gasteiger partial charge in [-0.25, -0.2) is 17.7 Å². The molecule has 4 heterocycles. The van der Waals surface area contributed by atoms with E-state index in [1.807, 2.05) is 12.3 Å². The number of rotatable bonds is 5. The van der Waals surface area contributed by atoms with Crippen LogP contribution in [0.4, 0.5) is 0 Å². The molecule has 9 heteroatoms. The Hall–Kier alpha value is -2.00. The van der Waals surface area contributed by atoms with Gasteiger partial charge in [0.2, 0.25) is 10.0 Å². The van der Waals surface area contributed by atoms with Crippen molar-refractivity contribution < 1.29 is 8.42 Å². The lowest BCUT2D eigenvalue weighted by Gasteiger charge is -2.30. The van der Waals surface area contributed by atoms with Gasteiger partial charge in [0.1, 0.15) is 5.82 Å². The molecule has 0 bridgehead atoms. The van der Waals surface area contributed by atoms with Gasteiger partial charge in [-0.05, 0) is 37.2 Å². The number of hydrogen-bond acceptors (Lipinski definition) is 5. The molecule has 0 radical (unpaired) electrons. The van der Waals surface area contributed by atoms with Crippen LogP contribution in [0.25, 0.3) is 16.8 Å². The Labute approximate surface area is 158 Å². The van der Waals surface area contributed by atoms with E-state index in [1.54, 1.807) is 10.5 Å². The summed E-state index contributed by atoms with van der Waals surface area (Å²) in [6, 6.07) is 1.99. The van der Waals surface area contributed by atoms with E-state index in [1.165, 1.54) is 0 Å². The maximum Gasteiger partial charge on any atom is 0.214 e. The van der Waals surface area contributed by atoms with E-state index >= 15 is 0 Å². The Balaban J connectivity index is 1.47. The van der Waals surface area contributed by atoms with E-state index in [4.69, 9.17) is 0 Å². The molecule has 1 saturated carbocycles. The van der Waals surface area contributed by atoms with E-state index in [2.05, 4.69) is 31.5 Å². The third-order valence-electron chi connectivity index (χ3n) is 6.27. The number of nitrogens with one attached hydrogen (secondary N) is 1. The van der Waals surface area contributed by atoms with Crippen LogP contribution in [-0.2, 0) is 10.0 Å². The van der Waals surface area contributed by atoms with Crippen molar-refractivity contribution in [2.24, 2.45) is 11.8 Å². The van der Waals surface area contributed by atoms with E-state index in [9.17, 15) is 8.42 Å². The molecule has 0 unspecified atom stereocenters. The minimum absolute atomic E-state index is 0.182. The lowest BCUT2D eigenvalue weighted by Crippen LogP contribution is -2.44. The van der Waals surface area contributed by atoms with Gasteiger partial charge in [0.15, 0.2) is 11.3 Å². The predicted octanol–water partition coefficient (Wildman–Crippen LogP) is 2.16. The number of hydrogen-bond donors (Lipinski definition) is 1. The Morgan fingerprint density at radius 3 is 2.85 bits per heavy atom. The number of H-pyrrole nitrogens is 1. The molecule has 27 heavy (non-hydrogen) atoms. The quantitative estimate of drug-likeness (QED) is 0.722. The van der Waals surface area contributed by atoms with Gasteiger partial charge in [-0.1, -0.05) is 13.3 Å². The van der Waals surface area contributed by atoms with Gasteiger partial charge in [0.05, 0.1) is 17.5 Å². The molecule has 0 spiro atoms. The molecule has 2 fully saturated rings. The van der Waals surface area contributed by atoms with Crippen LogP contribution in [-0.4, -0.2) is 56.1 Å². The van der Waals surface area contributed by atoms with E-state index in [0.717, 1.165) is 48.3 Å². The minimum atomic E-state index is -3.12. The van der Waals surface area contributed by atoms with Gasteiger partial charge in [-0.3, -0.25) is 4.40 Å². The molecular weight excluding hydrogens is 364 g/mol. The first-order valence-electron chi connectivity index (χ1n) is 9.71. The fourth-order valence-corrected chi connectivity index (χ4v) is 6.64. The molecule has 3 aromatic rings. The van der Waals surface area contributed by atoms with Crippen molar-refractivity contribution >= 4 is 26.8 Å². The highest BCUT2D eigenvalue weighted by Gasteiger charge is 2.40. The molecule has 144 valence electrons. The standard InChI is InChI=1S/C18H24N6O2S/c1-2-13-8-12(11-27(25,26)23-6-3-7-23)9-14(13)18-22-21-16-10-20-17-15(24(16)18)4-5-19-17/h4-5,10,12-14,19H,2-3,6-9,11H2,1H3/t12-,13+,14-/m0/s1. The highest BCUT2D eigenvalue weighted by atomic mass is 32.2. The van der Waals surface area contributed by atoms with Crippen molar-refractivity contribution in [2.45, 2.75) is 38.5 Å². The maximum absolute atomic E-state index is 12.6. The summed E-state index contributed by atoms with van der Waals surface area (Å²) >= 11 is 0. The summed E-state index contributed by atoms with van der Waals surface area (Å²) in [4.78, 5) is 7.52. The topological polar surface area (TPSA) is 96.2 Å². The molecule has 1 N–H and O–H groups in total. The fraction of sp³-hybridized carbons (Fsp3) is 0.611. The molecule has 1 saturated heterocycles. The second-order valence-electron chi connectivity index (χ2n) is 7.86. The van der Waals surface area contributed by atoms with Crippen molar-refractivity contribution in [3.05, 3.63) is 24.3 Å². The van der Waals surface area contributed by atoms with Crippen LogP contribution in [0, 0.1) is 11.8 Å². The van der Waals surface area contributed by atoms with Gasteiger partial charge >= 0.3 is 0 Å². The SMILES string of the molecule is CC[C@@H]1C[C@H](CS(=O)(=O)N2CCC2)C[C@@H]1c1nnc2cnc3[nH]ccc3n12. The predicted molar refractivity (Wildman–Crippen MR) is 102 cm³/mol. The van der Waals surface area contributed by atoms with Crippen molar-refractivity contribution in [1.82, 2.24) is 28.9 Å². The summed E-state index contributed by atoms with van der Waals surface area (Å²) in [7, 11) is -3.12. The largest absolute Gasteiger partial charge is 0.345 e. The number of aromatic nitrogens is 5. The second kappa shape index (κ2) is 6.27. The molecule has 3 atom stereocenters. The molecule has 0 amide bonds. The highest BCUT2D eigenvalue weighted by Crippen LogP contribution is 2.45. The number of sulfonamides is 1. The Morgan fingerprint density at radius 1 is 1.26 bits per heavy atom. The molecular formula is C18H24N6O2S. The maximum atomic E-state index is 12.6. The Morgan fingerprint density at radius 2 is 2.11 bits per heavy atom. The first-order valence-corrected chi connectivity index (χ1v) is 11.3. The highest BCUT2D eigenvalue weighted by molar-refractivity contribution is 7.89. The zero-order valence-corrected chi connectivity index (χ0v) is 16.2. The van der Waals surface area contributed by atoms with Crippen LogP contribution >= 0.6 is 0 Å². The normalized spacial score (nSPS) is 26.8. The molecule has 0 aromatic carbocycles. The first-order chi connectivity index (χ1) is 13.1. The van der Waals surface area contributed by atoms with Gasteiger partial charge < -0.3 is 4.98 Å². The van der Waals surface area contributed by atoms with Crippen molar-refractivity contribution in [1.29, 1.82) is 0 Å². The number of aromatic amines is 1. The van der Waals surface area contributed by atoms with Crippen LogP contribution in [0.5, 0.6) is 0 Å². The summed E-state index contributed by atoms with van der Waals surface area (Å²) < 4.78 is 28.9. The van der Waals surface area contributed by atoms with Crippen LogP contribution in [0.1, 0.15) is 44.3 Å². The van der Waals surface area contributed by atoms with Gasteiger partial charge in [0.25, 0.3) is 0 Å². The summed E-state index contributed by atoms with van der Waals surface area (Å²) in [5, 5.41) is 8.82. The van der Waals surface area contributed by atoms with Gasteiger partial charge in [-0.2, -0.15) is 0 Å². The van der Waals surface area contributed by atoms with Gasteiger partial charge in [-0.15, -0.1) is 10.2 Å². The minimum Gasteiger partial charge on any atom is -0.345 e. The number of nitrogens with zero attached hydrogens (tertiary/aromatic N) is 5. The van der Waals surface area contributed by atoms with Gasteiger partial charge in [0, 0.05) is 25.2 Å². The fourth-order valence-electron chi connectivity index (χ4n) is 4.75. The third kappa shape index (κ3) is 2.75. The Kier molecular flexibility index (Phi) is 3.98. The lowest BCUT2D eigenvalue weighted by molar-refractivity contribution is 0.306. The molecule has 1 aliphatic heterocycles. The zero-order valence-electron chi connectivity index (χ0n) is 15.4. The van der Waals surface area contributed by atoms with Crippen molar-refractivity contribution in [3.63, 3.8) is 0 Å². The summed E-state index contributed by atoms with van der Waals surface area (Å²) in [6.45, 7) is 3.55. The summed E-state index contributed by atoms with van der Waals surface area (Å²) in [5.74, 6) is 2.03. The average Bonchev–Trinajstić information content (AvgIpc) is 3.28. The zero-order chi connectivity index (χ0) is 18.6. The van der Waals surface area contributed by atoms with E-state index in [-0.39, 0.29) is 17.6 Å². The molecule has 8 nitrogen and oxygen atoms in total. The molecule has 5 rings (SSSR count). The van der Waals surface area contributed by atoms with E-state index in [0.29, 0.717) is 19.0 Å². The lowest BCUT2D eigenvalue weighted by atomic mass is 9.93. The first kappa shape index (κ1) is 17.1. The monoisotopic (exact) mass is 388 g/mol. The second-order valence-corrected chi connectivity index (χ2v) is 9.88. The van der Waals surface area contributed by atoms with Crippen LogP contribution < -0.4 is 0 Å². The average molecular weight is 388 g/mol. The van der Waals surface area contributed by atoms with Crippen LogP contribution in [0.15, 0.2) is 18.5 Å². The molecule has 2 aliphatic rings. The van der Waals surface area contributed by atoms with Crippen LogP contribution in [0.2, 0.25) is 0 Å². The van der Waals surface area contributed by atoms with Crippen LogP contribution in [0.3, 0.4) is 0 Å². The summed E-state index contributed by atoms with van der Waals surface area (Å²) in [6.07, 6.45) is 7.38. The molecule has 3 aromatic heterocycles. The Bertz CT molecular complexity index is 1080. The number of fused-ring (bicyclic) bond motifs is 3.